The number of hydrogen-bond donors (Lipinski definition) is 0. The van der Waals surface area contributed by atoms with Crippen LogP contribution in [0.5, 0.6) is 11.5 Å². The summed E-state index contributed by atoms with van der Waals surface area (Å²) in [5, 5.41) is 3.27. The topological polar surface area (TPSA) is 35.5 Å². The number of esters is 1. The number of rotatable bonds is 7. The Bertz CT molecular complexity index is 1140. The summed E-state index contributed by atoms with van der Waals surface area (Å²) in [6.45, 7) is 1.37. The molecule has 0 spiro atoms. The summed E-state index contributed by atoms with van der Waals surface area (Å²) in [5.41, 5.74) is 0.993. The molecule has 168 valence electrons. The quantitative estimate of drug-likeness (QED) is 0.192. The number of carbonyl (C=O) groups excluding carboxylic acids is 1. The first-order valence-electron chi connectivity index (χ1n) is 10.7. The van der Waals surface area contributed by atoms with Crippen LogP contribution in [-0.4, -0.2) is 13.1 Å². The van der Waals surface area contributed by atoms with Gasteiger partial charge in [-0.25, -0.2) is 0 Å². The molecule has 5 heteroatoms. The van der Waals surface area contributed by atoms with Crippen LogP contribution < -0.4 is 25.4 Å². The molecule has 4 aromatic rings. The van der Waals surface area contributed by atoms with Gasteiger partial charge in [-0.3, -0.25) is 0 Å². The molecule has 0 unspecified atom stereocenters. The van der Waals surface area contributed by atoms with E-state index < -0.39 is 11.9 Å². The van der Waals surface area contributed by atoms with E-state index in [1.807, 2.05) is 66.7 Å². The molecule has 0 atom stereocenters. The monoisotopic (exact) mass is 476 g/mol. The van der Waals surface area contributed by atoms with Crippen LogP contribution in [0, 0.1) is 0 Å². The minimum atomic E-state index is -3.46. The van der Waals surface area contributed by atoms with Crippen LogP contribution in [0.2, 0.25) is 0 Å². The second kappa shape index (κ2) is 9.39. The Morgan fingerprint density at radius 1 is 0.727 bits per heavy atom. The first-order valence-corrected chi connectivity index (χ1v) is 14.0. The summed E-state index contributed by atoms with van der Waals surface area (Å²) < 4.78 is 10.9. The Morgan fingerprint density at radius 3 is 1.58 bits per heavy atom. The van der Waals surface area contributed by atoms with E-state index in [9.17, 15) is 4.79 Å². The number of hydrogen-bond acceptors (Lipinski definition) is 3. The van der Waals surface area contributed by atoms with Gasteiger partial charge in [0.15, 0.2) is 0 Å². The van der Waals surface area contributed by atoms with E-state index >= 15 is 0 Å². The van der Waals surface area contributed by atoms with Crippen molar-refractivity contribution in [3.63, 3.8) is 0 Å². The van der Waals surface area contributed by atoms with Gasteiger partial charge < -0.3 is 0 Å². The third-order valence-electron chi connectivity index (χ3n) is 5.84. The van der Waals surface area contributed by atoms with Crippen molar-refractivity contribution in [1.82, 2.24) is 0 Å². The van der Waals surface area contributed by atoms with Crippen LogP contribution in [0.25, 0.3) is 0 Å². The molecule has 0 aliphatic heterocycles. The van der Waals surface area contributed by atoms with Crippen LogP contribution >= 0.6 is 17.2 Å². The molecule has 3 nitrogen and oxygen atoms in total. The predicted molar refractivity (Wildman–Crippen MR) is 139 cm³/mol. The molecule has 0 saturated carbocycles. The van der Waals surface area contributed by atoms with E-state index in [0.717, 1.165) is 21.5 Å². The average molecular weight is 477 g/mol. The third kappa shape index (κ3) is 4.27. The molecular weight excluding hydrogens is 451 g/mol. The van der Waals surface area contributed by atoms with Crippen LogP contribution in [0.1, 0.15) is 12.5 Å². The van der Waals surface area contributed by atoms with E-state index in [4.69, 9.17) is 20.7 Å². The third-order valence-corrected chi connectivity index (χ3v) is 13.0. The Morgan fingerprint density at radius 2 is 1.18 bits per heavy atom. The van der Waals surface area contributed by atoms with Gasteiger partial charge >= 0.3 is 200 Å². The molecule has 33 heavy (non-hydrogen) atoms. The first kappa shape index (κ1) is 23.0. The average Bonchev–Trinajstić information content (AvgIpc) is 2.86. The van der Waals surface area contributed by atoms with Crippen LogP contribution in [0.15, 0.2) is 109 Å². The van der Waals surface area contributed by atoms with Gasteiger partial charge in [0.05, 0.1) is 0 Å². The van der Waals surface area contributed by atoms with Crippen molar-refractivity contribution < 1.29 is 14.3 Å². The van der Waals surface area contributed by atoms with Gasteiger partial charge in [0, 0.05) is 0 Å². The van der Waals surface area contributed by atoms with Crippen molar-refractivity contribution in [3.8, 4) is 11.5 Å². The molecule has 0 bridgehead atoms. The summed E-state index contributed by atoms with van der Waals surface area (Å²) >= 11 is 8.13. The number of halogens is 1. The maximum absolute atomic E-state index is 11.5. The molecule has 4 aromatic carbocycles. The SMILES string of the molecule is COc1cc(CP(Cl)(c2ccccc2)(c2ccccc2)c2ccccc2)ccc1OC(C)=O. The van der Waals surface area contributed by atoms with E-state index in [1.165, 1.54) is 6.92 Å². The van der Waals surface area contributed by atoms with Crippen molar-refractivity contribution in [3.05, 3.63) is 115 Å². The molecule has 0 fully saturated rings. The molecule has 0 aliphatic rings. The molecule has 0 N–H and O–H groups in total. The van der Waals surface area contributed by atoms with Gasteiger partial charge in [-0.2, -0.15) is 0 Å². The number of methoxy groups -OCH3 is 1. The Labute approximate surface area is 199 Å². The van der Waals surface area contributed by atoms with Gasteiger partial charge in [0.2, 0.25) is 0 Å². The molecule has 0 saturated heterocycles. The molecule has 0 amide bonds. The van der Waals surface area contributed by atoms with E-state index in [2.05, 4.69) is 36.4 Å². The van der Waals surface area contributed by atoms with Crippen molar-refractivity contribution in [2.45, 2.75) is 13.1 Å². The van der Waals surface area contributed by atoms with Gasteiger partial charge in [-0.05, 0) is 0 Å². The molecule has 0 radical (unpaired) electrons. The molecule has 0 heterocycles. The fourth-order valence-corrected chi connectivity index (χ4v) is 10.5. The van der Waals surface area contributed by atoms with Crippen molar-refractivity contribution >= 4 is 39.1 Å². The zero-order chi connectivity index (χ0) is 23.3. The zero-order valence-corrected chi connectivity index (χ0v) is 20.3. The van der Waals surface area contributed by atoms with Crippen LogP contribution in [0.3, 0.4) is 0 Å². The van der Waals surface area contributed by atoms with Crippen molar-refractivity contribution in [2.75, 3.05) is 7.11 Å². The number of ether oxygens (including phenoxy) is 2. The van der Waals surface area contributed by atoms with Gasteiger partial charge in [0.25, 0.3) is 0 Å². The van der Waals surface area contributed by atoms with Crippen LogP contribution in [0.4, 0.5) is 0 Å². The van der Waals surface area contributed by atoms with E-state index in [1.54, 1.807) is 13.2 Å². The summed E-state index contributed by atoms with van der Waals surface area (Å²) in [7, 11) is 1.57. The fourth-order valence-electron chi connectivity index (χ4n) is 4.33. The van der Waals surface area contributed by atoms with Crippen molar-refractivity contribution in [1.29, 1.82) is 0 Å². The number of benzene rings is 4. The van der Waals surface area contributed by atoms with Gasteiger partial charge in [0.1, 0.15) is 0 Å². The normalized spacial score (nSPS) is 12.4. The zero-order valence-electron chi connectivity index (χ0n) is 18.6. The number of carbonyl (C=O) groups is 1. The molecule has 0 aromatic heterocycles. The maximum atomic E-state index is 11.5. The van der Waals surface area contributed by atoms with Gasteiger partial charge in [-0.1, -0.05) is 0 Å². The molecular formula is C28H26ClO3P. The summed E-state index contributed by atoms with van der Waals surface area (Å²) in [6, 6.07) is 36.6. The standard InChI is InChI=1S/C28H26ClO3P/c1-22(30)32-27-19-18-23(20-28(27)31-2)21-33(29,24-12-6-3-7-13-24,25-14-8-4-9-15-25)26-16-10-5-11-17-26/h3-20H,21H2,1-2H3. The Balaban J connectivity index is 1.99. The molecule has 0 aliphatic carbocycles. The second-order valence-electron chi connectivity index (χ2n) is 7.93. The predicted octanol–water partition coefficient (Wildman–Crippen LogP) is 5.80. The van der Waals surface area contributed by atoms with Crippen molar-refractivity contribution in [2.24, 2.45) is 0 Å². The van der Waals surface area contributed by atoms with Gasteiger partial charge in [-0.15, -0.1) is 0 Å². The fraction of sp³-hybridized carbons (Fsp3) is 0.107. The second-order valence-corrected chi connectivity index (χ2v) is 14.4. The van der Waals surface area contributed by atoms with E-state index in [0.29, 0.717) is 17.7 Å². The minimum absolute atomic E-state index is 0.391. The van der Waals surface area contributed by atoms with E-state index in [-0.39, 0.29) is 0 Å². The Kier molecular flexibility index (Phi) is 6.56. The summed E-state index contributed by atoms with van der Waals surface area (Å²) in [5.74, 6) is -2.96. The van der Waals surface area contributed by atoms with Crippen LogP contribution in [-0.2, 0) is 11.0 Å². The molecule has 4 rings (SSSR count). The summed E-state index contributed by atoms with van der Waals surface area (Å²) in [6.07, 6.45) is 0.571. The Hall–Kier alpha value is -3.13. The first-order chi connectivity index (χ1) is 15.9. The summed E-state index contributed by atoms with van der Waals surface area (Å²) in [4.78, 5) is 11.5.